The summed E-state index contributed by atoms with van der Waals surface area (Å²) in [6.45, 7) is 1.21. The first-order valence-corrected chi connectivity index (χ1v) is 4.05. The van der Waals surface area contributed by atoms with Crippen molar-refractivity contribution >= 4 is 5.91 Å². The number of carbonyl (C=O) groups is 1. The van der Waals surface area contributed by atoms with Gasteiger partial charge in [0.1, 0.15) is 0 Å². The molecule has 2 rings (SSSR count). The van der Waals surface area contributed by atoms with E-state index in [9.17, 15) is 10.0 Å². The lowest BCUT2D eigenvalue weighted by Crippen LogP contribution is -2.47. The van der Waals surface area contributed by atoms with Crippen LogP contribution in [0.4, 0.5) is 0 Å². The number of hydrogen-bond donors (Lipinski definition) is 1. The van der Waals surface area contributed by atoms with Crippen molar-refractivity contribution < 1.29 is 14.7 Å². The second-order valence-electron chi connectivity index (χ2n) is 3.20. The maximum Gasteiger partial charge on any atom is 0.270 e. The number of hydroxylamine groups is 2. The monoisotopic (exact) mass is 169 g/mol. The molecule has 1 fully saturated rings. The molecule has 0 aliphatic carbocycles. The van der Waals surface area contributed by atoms with Gasteiger partial charge in [-0.15, -0.1) is 0 Å². The highest BCUT2D eigenvalue weighted by Crippen LogP contribution is 2.31. The van der Waals surface area contributed by atoms with Gasteiger partial charge in [0.15, 0.2) is 0 Å². The minimum Gasteiger partial charge on any atom is -0.381 e. The van der Waals surface area contributed by atoms with E-state index < -0.39 is 5.54 Å². The first-order chi connectivity index (χ1) is 5.75. The normalized spacial score (nSPS) is 27.1. The Labute approximate surface area is 70.4 Å². The van der Waals surface area contributed by atoms with Crippen molar-refractivity contribution in [2.45, 2.75) is 18.4 Å². The maximum atomic E-state index is 11.0. The van der Waals surface area contributed by atoms with Crippen molar-refractivity contribution in [3.05, 3.63) is 12.2 Å². The van der Waals surface area contributed by atoms with Crippen LogP contribution in [-0.4, -0.2) is 34.9 Å². The van der Waals surface area contributed by atoms with Crippen molar-refractivity contribution in [2.75, 3.05) is 13.2 Å². The summed E-state index contributed by atoms with van der Waals surface area (Å²) in [6.07, 6.45) is 4.57. The average Bonchev–Trinajstić information content (AvgIpc) is 2.37. The Morgan fingerprint density at radius 3 is 2.67 bits per heavy atom. The van der Waals surface area contributed by atoms with Gasteiger partial charge in [-0.3, -0.25) is 10.0 Å². The van der Waals surface area contributed by atoms with Gasteiger partial charge in [0.2, 0.25) is 0 Å². The lowest BCUT2D eigenvalue weighted by Gasteiger charge is -2.36. The summed E-state index contributed by atoms with van der Waals surface area (Å²) < 4.78 is 5.16. The molecule has 1 spiro atoms. The molecule has 0 atom stereocenters. The molecule has 1 saturated heterocycles. The highest BCUT2D eigenvalue weighted by atomic mass is 16.5. The summed E-state index contributed by atoms with van der Waals surface area (Å²) in [7, 11) is 0. The Morgan fingerprint density at radius 1 is 1.50 bits per heavy atom. The van der Waals surface area contributed by atoms with Crippen LogP contribution in [0.3, 0.4) is 0 Å². The third-order valence-corrected chi connectivity index (χ3v) is 2.53. The molecule has 0 aromatic carbocycles. The van der Waals surface area contributed by atoms with Crippen molar-refractivity contribution in [1.82, 2.24) is 5.06 Å². The van der Waals surface area contributed by atoms with Gasteiger partial charge in [-0.2, -0.15) is 0 Å². The number of nitrogens with zero attached hydrogens (tertiary/aromatic N) is 1. The zero-order chi connectivity index (χ0) is 8.60. The second kappa shape index (κ2) is 2.57. The maximum absolute atomic E-state index is 11.0. The molecule has 0 saturated carbocycles. The molecule has 12 heavy (non-hydrogen) atoms. The fourth-order valence-corrected chi connectivity index (χ4v) is 1.69. The Hall–Kier alpha value is -0.870. The Morgan fingerprint density at radius 2 is 2.17 bits per heavy atom. The van der Waals surface area contributed by atoms with E-state index >= 15 is 0 Å². The van der Waals surface area contributed by atoms with Crippen LogP contribution in [0, 0.1) is 0 Å². The van der Waals surface area contributed by atoms with Crippen LogP contribution in [0.2, 0.25) is 0 Å². The molecule has 66 valence electrons. The molecule has 2 heterocycles. The number of hydrogen-bond acceptors (Lipinski definition) is 3. The summed E-state index contributed by atoms with van der Waals surface area (Å²) in [5.41, 5.74) is -0.463. The predicted octanol–water partition coefficient (Wildman–Crippen LogP) is 0.323. The van der Waals surface area contributed by atoms with Crippen molar-refractivity contribution in [3.8, 4) is 0 Å². The van der Waals surface area contributed by atoms with Gasteiger partial charge in [-0.1, -0.05) is 6.08 Å². The molecular formula is C8H11NO3. The highest BCUT2D eigenvalue weighted by molar-refractivity contribution is 5.90. The Kier molecular flexibility index (Phi) is 1.66. The lowest BCUT2D eigenvalue weighted by molar-refractivity contribution is -0.186. The van der Waals surface area contributed by atoms with E-state index in [-0.39, 0.29) is 5.91 Å². The molecule has 0 radical (unpaired) electrons. The van der Waals surface area contributed by atoms with Gasteiger partial charge in [0, 0.05) is 32.1 Å². The minimum atomic E-state index is -0.463. The van der Waals surface area contributed by atoms with Gasteiger partial charge in [0.25, 0.3) is 5.91 Å². The van der Waals surface area contributed by atoms with Crippen molar-refractivity contribution in [2.24, 2.45) is 0 Å². The largest absolute Gasteiger partial charge is 0.381 e. The number of ether oxygens (including phenoxy) is 1. The minimum absolute atomic E-state index is 0.322. The first-order valence-electron chi connectivity index (χ1n) is 4.05. The Bertz CT molecular complexity index is 230. The zero-order valence-corrected chi connectivity index (χ0v) is 6.69. The zero-order valence-electron chi connectivity index (χ0n) is 6.69. The molecule has 0 unspecified atom stereocenters. The molecule has 0 aromatic rings. The summed E-state index contributed by atoms with van der Waals surface area (Å²) in [5, 5.41) is 10.3. The molecule has 2 aliphatic rings. The summed E-state index contributed by atoms with van der Waals surface area (Å²) >= 11 is 0. The van der Waals surface area contributed by atoms with E-state index in [1.807, 2.05) is 0 Å². The van der Waals surface area contributed by atoms with Crippen molar-refractivity contribution in [3.63, 3.8) is 0 Å². The van der Waals surface area contributed by atoms with Crippen LogP contribution in [0.1, 0.15) is 12.8 Å². The number of carbonyl (C=O) groups excluding carboxylic acids is 1. The van der Waals surface area contributed by atoms with Crippen molar-refractivity contribution in [1.29, 1.82) is 0 Å². The molecule has 0 bridgehead atoms. The van der Waals surface area contributed by atoms with Crippen LogP contribution in [0.25, 0.3) is 0 Å². The molecule has 4 heteroatoms. The highest BCUT2D eigenvalue weighted by Gasteiger charge is 2.41. The average molecular weight is 169 g/mol. The third kappa shape index (κ3) is 0.956. The topological polar surface area (TPSA) is 49.8 Å². The molecule has 2 aliphatic heterocycles. The number of amides is 1. The van der Waals surface area contributed by atoms with E-state index in [0.29, 0.717) is 26.1 Å². The van der Waals surface area contributed by atoms with E-state index in [1.165, 1.54) is 6.08 Å². The summed E-state index contributed by atoms with van der Waals surface area (Å²) in [5.74, 6) is -0.322. The van der Waals surface area contributed by atoms with Gasteiger partial charge in [-0.25, -0.2) is 5.06 Å². The molecule has 1 amide bonds. The van der Waals surface area contributed by atoms with Gasteiger partial charge >= 0.3 is 0 Å². The van der Waals surface area contributed by atoms with E-state index in [0.717, 1.165) is 5.06 Å². The Balaban J connectivity index is 2.20. The lowest BCUT2D eigenvalue weighted by atomic mass is 9.91. The second-order valence-corrected chi connectivity index (χ2v) is 3.20. The summed E-state index contributed by atoms with van der Waals surface area (Å²) in [6, 6.07) is 0. The van der Waals surface area contributed by atoms with Crippen LogP contribution in [0.5, 0.6) is 0 Å². The standard InChI is InChI=1S/C8H11NO3/c10-7-1-2-8(9(7)11)3-5-12-6-4-8/h1-2,11H,3-6H2. The molecule has 0 aromatic heterocycles. The summed E-state index contributed by atoms with van der Waals surface area (Å²) in [4.78, 5) is 11.0. The van der Waals surface area contributed by atoms with Crippen LogP contribution in [0.15, 0.2) is 12.2 Å². The van der Waals surface area contributed by atoms with E-state index in [4.69, 9.17) is 4.74 Å². The quantitative estimate of drug-likeness (QED) is 0.531. The fourth-order valence-electron chi connectivity index (χ4n) is 1.69. The third-order valence-electron chi connectivity index (χ3n) is 2.53. The van der Waals surface area contributed by atoms with Gasteiger partial charge < -0.3 is 4.74 Å². The van der Waals surface area contributed by atoms with Crippen LogP contribution < -0.4 is 0 Å². The molecule has 1 N–H and O–H groups in total. The van der Waals surface area contributed by atoms with Gasteiger partial charge in [0.05, 0.1) is 5.54 Å². The first kappa shape index (κ1) is 7.76. The van der Waals surface area contributed by atoms with E-state index in [1.54, 1.807) is 6.08 Å². The van der Waals surface area contributed by atoms with Crippen LogP contribution >= 0.6 is 0 Å². The molecule has 4 nitrogen and oxygen atoms in total. The predicted molar refractivity (Wildman–Crippen MR) is 40.6 cm³/mol. The fraction of sp³-hybridized carbons (Fsp3) is 0.625. The molecular weight excluding hydrogens is 158 g/mol. The SMILES string of the molecule is O=C1C=CC2(CCOCC2)N1O. The van der Waals surface area contributed by atoms with Crippen LogP contribution in [-0.2, 0) is 9.53 Å². The van der Waals surface area contributed by atoms with Gasteiger partial charge in [-0.05, 0) is 0 Å². The smallest absolute Gasteiger partial charge is 0.270 e. The van der Waals surface area contributed by atoms with E-state index in [2.05, 4.69) is 0 Å². The number of rotatable bonds is 0.